The lowest BCUT2D eigenvalue weighted by Gasteiger charge is -2.19. The summed E-state index contributed by atoms with van der Waals surface area (Å²) in [5, 5.41) is 6.85. The van der Waals surface area contributed by atoms with Crippen molar-refractivity contribution in [1.29, 1.82) is 0 Å². The number of allylic oxidation sites excluding steroid dienone is 1. The number of benzene rings is 1. The molecule has 124 valence electrons. The Balaban J connectivity index is 1.80. The molecule has 0 saturated heterocycles. The third kappa shape index (κ3) is 4.17. The lowest BCUT2D eigenvalue weighted by Crippen LogP contribution is -2.11. The van der Waals surface area contributed by atoms with Crippen LogP contribution in [0.2, 0.25) is 0 Å². The second-order valence-electron chi connectivity index (χ2n) is 5.11. The van der Waals surface area contributed by atoms with Gasteiger partial charge in [0.25, 0.3) is 6.08 Å². The fraction of sp³-hybridized carbons (Fsp3) is 0.235. The summed E-state index contributed by atoms with van der Waals surface area (Å²) < 4.78 is 24.1. The molecule has 0 radical (unpaired) electrons. The van der Waals surface area contributed by atoms with E-state index in [1.54, 1.807) is 17.3 Å². The van der Waals surface area contributed by atoms with Gasteiger partial charge in [0.15, 0.2) is 11.0 Å². The molecular weight excluding hydrogens is 330 g/mol. The van der Waals surface area contributed by atoms with Crippen molar-refractivity contribution in [3.8, 4) is 0 Å². The highest BCUT2D eigenvalue weighted by molar-refractivity contribution is 7.99. The molecule has 0 unspecified atom stereocenters. The van der Waals surface area contributed by atoms with E-state index in [4.69, 9.17) is 0 Å². The Labute approximate surface area is 143 Å². The van der Waals surface area contributed by atoms with Gasteiger partial charge >= 0.3 is 0 Å². The Bertz CT molecular complexity index is 760. The fourth-order valence-electron chi connectivity index (χ4n) is 2.37. The Morgan fingerprint density at radius 1 is 1.25 bits per heavy atom. The minimum absolute atomic E-state index is 0.283. The maximum atomic E-state index is 12.0. The summed E-state index contributed by atoms with van der Waals surface area (Å²) in [5.74, 6) is 1.17. The standard InChI is InChI=1S/C17H16F2N4S/c18-15(19)8-4-12-24-17-20-11-9-16(22-17)23-14-7-2-1-5-13(14)6-3-10-21-23/h1-2,5,7-11H,3-4,6,12H2. The maximum Gasteiger partial charge on any atom is 0.266 e. The van der Waals surface area contributed by atoms with E-state index in [0.29, 0.717) is 16.7 Å². The van der Waals surface area contributed by atoms with Crippen LogP contribution < -0.4 is 5.01 Å². The summed E-state index contributed by atoms with van der Waals surface area (Å²) in [5.41, 5.74) is 2.22. The number of nitrogens with zero attached hydrogens (tertiary/aromatic N) is 4. The van der Waals surface area contributed by atoms with Gasteiger partial charge in [0.05, 0.1) is 5.69 Å². The minimum Gasteiger partial charge on any atom is -0.231 e. The molecule has 0 atom stereocenters. The quantitative estimate of drug-likeness (QED) is 0.443. The van der Waals surface area contributed by atoms with E-state index in [1.807, 2.05) is 24.4 Å². The molecule has 3 rings (SSSR count). The molecule has 0 fully saturated rings. The molecule has 4 nitrogen and oxygen atoms in total. The third-order valence-corrected chi connectivity index (χ3v) is 4.34. The van der Waals surface area contributed by atoms with Gasteiger partial charge in [-0.3, -0.25) is 0 Å². The largest absolute Gasteiger partial charge is 0.266 e. The zero-order valence-corrected chi connectivity index (χ0v) is 13.7. The monoisotopic (exact) mass is 346 g/mol. The summed E-state index contributed by atoms with van der Waals surface area (Å²) in [4.78, 5) is 8.70. The van der Waals surface area contributed by atoms with E-state index in [-0.39, 0.29) is 6.42 Å². The highest BCUT2D eigenvalue weighted by Crippen LogP contribution is 2.30. The van der Waals surface area contributed by atoms with Crippen molar-refractivity contribution >= 4 is 29.5 Å². The van der Waals surface area contributed by atoms with E-state index in [9.17, 15) is 8.78 Å². The minimum atomic E-state index is -1.65. The van der Waals surface area contributed by atoms with E-state index in [2.05, 4.69) is 21.1 Å². The number of rotatable bonds is 5. The van der Waals surface area contributed by atoms with Gasteiger partial charge < -0.3 is 0 Å². The summed E-state index contributed by atoms with van der Waals surface area (Å²) in [6.45, 7) is 0. The molecule has 24 heavy (non-hydrogen) atoms. The molecule has 0 saturated carbocycles. The zero-order chi connectivity index (χ0) is 16.8. The highest BCUT2D eigenvalue weighted by Gasteiger charge is 2.16. The molecule has 1 aromatic carbocycles. The molecular formula is C17H16F2N4S. The lowest BCUT2D eigenvalue weighted by atomic mass is 10.1. The van der Waals surface area contributed by atoms with Gasteiger partial charge in [0.2, 0.25) is 0 Å². The molecule has 0 amide bonds. The summed E-state index contributed by atoms with van der Waals surface area (Å²) in [6.07, 6.45) is 4.90. The number of fused-ring (bicyclic) bond motifs is 1. The first kappa shape index (κ1) is 16.6. The molecule has 0 N–H and O–H groups in total. The Hall–Kier alpha value is -2.28. The molecule has 0 bridgehead atoms. The van der Waals surface area contributed by atoms with E-state index < -0.39 is 6.08 Å². The predicted octanol–water partition coefficient (Wildman–Crippen LogP) is 4.81. The molecule has 2 aromatic rings. The van der Waals surface area contributed by atoms with Gasteiger partial charge in [-0.2, -0.15) is 13.9 Å². The van der Waals surface area contributed by atoms with Crippen LogP contribution >= 0.6 is 11.8 Å². The Kier molecular flexibility index (Phi) is 5.53. The normalized spacial score (nSPS) is 13.3. The van der Waals surface area contributed by atoms with Crippen LogP contribution in [0, 0.1) is 0 Å². The second-order valence-corrected chi connectivity index (χ2v) is 6.17. The smallest absolute Gasteiger partial charge is 0.231 e. The number of para-hydroxylation sites is 1. The SMILES string of the molecule is FC(F)=CCCSc1nccc(N2N=CCCc3ccccc32)n1. The van der Waals surface area contributed by atoms with Crippen molar-refractivity contribution < 1.29 is 8.78 Å². The Morgan fingerprint density at radius 2 is 2.12 bits per heavy atom. The number of anilines is 2. The van der Waals surface area contributed by atoms with Crippen LogP contribution in [0.3, 0.4) is 0 Å². The van der Waals surface area contributed by atoms with Crippen molar-refractivity contribution in [3.05, 3.63) is 54.2 Å². The number of aromatic nitrogens is 2. The molecule has 0 aliphatic carbocycles. The average molecular weight is 346 g/mol. The van der Waals surface area contributed by atoms with Crippen LogP contribution in [-0.2, 0) is 6.42 Å². The van der Waals surface area contributed by atoms with Crippen LogP contribution in [0.15, 0.2) is 58.9 Å². The topological polar surface area (TPSA) is 41.4 Å². The van der Waals surface area contributed by atoms with Gasteiger partial charge in [0.1, 0.15) is 0 Å². The van der Waals surface area contributed by atoms with Gasteiger partial charge in [-0.25, -0.2) is 15.0 Å². The van der Waals surface area contributed by atoms with Crippen molar-refractivity contribution in [3.63, 3.8) is 0 Å². The van der Waals surface area contributed by atoms with Gasteiger partial charge in [-0.15, -0.1) is 0 Å². The molecule has 1 aliphatic rings. The molecule has 0 spiro atoms. The van der Waals surface area contributed by atoms with Gasteiger partial charge in [-0.05, 0) is 37.0 Å². The van der Waals surface area contributed by atoms with Gasteiger partial charge in [-0.1, -0.05) is 30.0 Å². The maximum absolute atomic E-state index is 12.0. The molecule has 2 heterocycles. The van der Waals surface area contributed by atoms with E-state index >= 15 is 0 Å². The number of thioether (sulfide) groups is 1. The van der Waals surface area contributed by atoms with Crippen molar-refractivity contribution in [2.24, 2.45) is 5.10 Å². The van der Waals surface area contributed by atoms with Crippen molar-refractivity contribution in [2.45, 2.75) is 24.4 Å². The van der Waals surface area contributed by atoms with E-state index in [1.165, 1.54) is 17.3 Å². The van der Waals surface area contributed by atoms with Crippen LogP contribution in [-0.4, -0.2) is 21.9 Å². The number of halogens is 2. The highest BCUT2D eigenvalue weighted by atomic mass is 32.2. The van der Waals surface area contributed by atoms with Gasteiger partial charge in [0, 0.05) is 24.2 Å². The van der Waals surface area contributed by atoms with Crippen LogP contribution in [0.4, 0.5) is 20.3 Å². The zero-order valence-electron chi connectivity index (χ0n) is 12.9. The molecule has 1 aliphatic heterocycles. The number of aryl methyl sites for hydroxylation is 1. The van der Waals surface area contributed by atoms with Crippen LogP contribution in [0.25, 0.3) is 0 Å². The molecule has 1 aromatic heterocycles. The number of hydrazone groups is 1. The van der Waals surface area contributed by atoms with Crippen LogP contribution in [0.5, 0.6) is 0 Å². The summed E-state index contributed by atoms with van der Waals surface area (Å²) in [7, 11) is 0. The molecule has 7 heteroatoms. The predicted molar refractivity (Wildman–Crippen MR) is 93.1 cm³/mol. The lowest BCUT2D eigenvalue weighted by molar-refractivity contribution is 0.418. The average Bonchev–Trinajstić information content (AvgIpc) is 2.81. The first-order valence-corrected chi connectivity index (χ1v) is 8.60. The van der Waals surface area contributed by atoms with Crippen molar-refractivity contribution in [1.82, 2.24) is 9.97 Å². The van der Waals surface area contributed by atoms with E-state index in [0.717, 1.165) is 24.6 Å². The summed E-state index contributed by atoms with van der Waals surface area (Å²) in [6, 6.07) is 9.89. The number of hydrogen-bond acceptors (Lipinski definition) is 5. The third-order valence-electron chi connectivity index (χ3n) is 3.44. The van der Waals surface area contributed by atoms with Crippen molar-refractivity contribution in [2.75, 3.05) is 10.8 Å². The summed E-state index contributed by atoms with van der Waals surface area (Å²) >= 11 is 1.35. The second kappa shape index (κ2) is 8.01. The Morgan fingerprint density at radius 3 is 3.00 bits per heavy atom. The van der Waals surface area contributed by atoms with Crippen LogP contribution in [0.1, 0.15) is 18.4 Å². The first-order valence-electron chi connectivity index (χ1n) is 7.61. The first-order chi connectivity index (χ1) is 11.7. The number of hydrogen-bond donors (Lipinski definition) is 0. The fourth-order valence-corrected chi connectivity index (χ4v) is 3.08.